The van der Waals surface area contributed by atoms with Gasteiger partial charge < -0.3 is 19.9 Å². The van der Waals surface area contributed by atoms with Gasteiger partial charge in [0, 0.05) is 24.4 Å². The van der Waals surface area contributed by atoms with Crippen molar-refractivity contribution in [3.8, 4) is 0 Å². The maximum absolute atomic E-state index is 12.9. The van der Waals surface area contributed by atoms with Crippen molar-refractivity contribution in [3.05, 3.63) is 40.3 Å². The number of amides is 1. The first-order valence-corrected chi connectivity index (χ1v) is 12.4. The highest BCUT2D eigenvalue weighted by atomic mass is 32.1. The minimum Gasteiger partial charge on any atom is -0.378 e. The zero-order chi connectivity index (χ0) is 22.1. The molecule has 2 aromatic rings. The molecule has 1 aromatic heterocycles. The Morgan fingerprint density at radius 2 is 2.03 bits per heavy atom. The third-order valence-corrected chi connectivity index (χ3v) is 6.86. The molecule has 31 heavy (non-hydrogen) atoms. The van der Waals surface area contributed by atoms with Crippen molar-refractivity contribution in [3.63, 3.8) is 0 Å². The third-order valence-electron chi connectivity index (χ3n) is 5.85. The summed E-state index contributed by atoms with van der Waals surface area (Å²) in [4.78, 5) is 22.3. The Morgan fingerprint density at radius 1 is 1.26 bits per heavy atom. The number of ether oxygens (including phenoxy) is 1. The highest BCUT2D eigenvalue weighted by molar-refractivity contribution is 7.09. The molecule has 1 unspecified atom stereocenters. The van der Waals surface area contributed by atoms with Crippen molar-refractivity contribution in [2.45, 2.75) is 45.4 Å². The summed E-state index contributed by atoms with van der Waals surface area (Å²) in [5.41, 5.74) is 2.37. The van der Waals surface area contributed by atoms with Gasteiger partial charge in [-0.05, 0) is 51.5 Å². The molecule has 2 heterocycles. The number of carbonyl (C=O) groups is 1. The molecule has 0 saturated carbocycles. The molecule has 1 fully saturated rings. The lowest BCUT2D eigenvalue weighted by Gasteiger charge is -2.30. The Labute approximate surface area is 190 Å². The molecule has 6 nitrogen and oxygen atoms in total. The number of hydrogen-bond donors (Lipinski definition) is 1. The quantitative estimate of drug-likeness (QED) is 0.537. The molecule has 1 aromatic carbocycles. The average molecular weight is 445 g/mol. The van der Waals surface area contributed by atoms with E-state index < -0.39 is 0 Å². The standard InChI is InChI=1S/C24H36N4O2S/c1-4-6-12-27(3)13-11-19(5-2)24-26-21(18-31-24)23(29)25-20-9-7-8-10-22(20)28-14-16-30-17-15-28/h7-10,18-19H,4-6,11-17H2,1-3H3,(H,25,29). The second-order valence-corrected chi connectivity index (χ2v) is 9.08. The fourth-order valence-electron chi connectivity index (χ4n) is 3.84. The van der Waals surface area contributed by atoms with E-state index in [9.17, 15) is 4.79 Å². The first-order valence-electron chi connectivity index (χ1n) is 11.5. The van der Waals surface area contributed by atoms with E-state index >= 15 is 0 Å². The minimum absolute atomic E-state index is 0.141. The molecule has 0 bridgehead atoms. The lowest BCUT2D eigenvalue weighted by molar-refractivity contribution is 0.102. The smallest absolute Gasteiger partial charge is 0.275 e. The summed E-state index contributed by atoms with van der Waals surface area (Å²) in [5, 5.41) is 6.04. The van der Waals surface area contributed by atoms with Crippen LogP contribution in [0.15, 0.2) is 29.6 Å². The summed E-state index contributed by atoms with van der Waals surface area (Å²) in [5.74, 6) is 0.259. The van der Waals surface area contributed by atoms with Crippen LogP contribution in [-0.4, -0.2) is 62.2 Å². The van der Waals surface area contributed by atoms with Crippen molar-refractivity contribution in [1.29, 1.82) is 0 Å². The number of aromatic nitrogens is 1. The molecule has 1 N–H and O–H groups in total. The van der Waals surface area contributed by atoms with Crippen LogP contribution in [0.1, 0.15) is 60.9 Å². The van der Waals surface area contributed by atoms with Gasteiger partial charge in [0.1, 0.15) is 5.69 Å². The maximum atomic E-state index is 12.9. The lowest BCUT2D eigenvalue weighted by atomic mass is 10.0. The average Bonchev–Trinajstić information content (AvgIpc) is 3.29. The third kappa shape index (κ3) is 6.76. The molecular formula is C24H36N4O2S. The van der Waals surface area contributed by atoms with Crippen LogP contribution in [0.3, 0.4) is 0 Å². The molecule has 7 heteroatoms. The molecule has 0 aliphatic carbocycles. The van der Waals surface area contributed by atoms with Crippen molar-refractivity contribution >= 4 is 28.6 Å². The first-order chi connectivity index (χ1) is 15.1. The highest BCUT2D eigenvalue weighted by Crippen LogP contribution is 2.29. The number of anilines is 2. The van der Waals surface area contributed by atoms with E-state index in [0.717, 1.165) is 55.4 Å². The van der Waals surface area contributed by atoms with Crippen LogP contribution >= 0.6 is 11.3 Å². The number of hydrogen-bond acceptors (Lipinski definition) is 6. The molecule has 170 valence electrons. The molecule has 1 amide bonds. The van der Waals surface area contributed by atoms with E-state index in [-0.39, 0.29) is 5.91 Å². The maximum Gasteiger partial charge on any atom is 0.275 e. The van der Waals surface area contributed by atoms with E-state index in [4.69, 9.17) is 9.72 Å². The fourth-order valence-corrected chi connectivity index (χ4v) is 4.86. The van der Waals surface area contributed by atoms with Crippen LogP contribution in [0, 0.1) is 0 Å². The Kier molecular flexibility index (Phi) is 9.31. The number of nitrogens with zero attached hydrogens (tertiary/aromatic N) is 3. The Hall–Kier alpha value is -1.96. The van der Waals surface area contributed by atoms with Gasteiger partial charge in [-0.1, -0.05) is 32.4 Å². The summed E-state index contributed by atoms with van der Waals surface area (Å²) >= 11 is 1.61. The van der Waals surface area contributed by atoms with E-state index in [1.165, 1.54) is 12.8 Å². The van der Waals surface area contributed by atoms with Gasteiger partial charge in [0.25, 0.3) is 5.91 Å². The minimum atomic E-state index is -0.141. The number of benzene rings is 1. The Morgan fingerprint density at radius 3 is 2.77 bits per heavy atom. The Bertz CT molecular complexity index is 819. The van der Waals surface area contributed by atoms with Gasteiger partial charge in [-0.2, -0.15) is 0 Å². The largest absolute Gasteiger partial charge is 0.378 e. The second-order valence-electron chi connectivity index (χ2n) is 8.19. The number of para-hydroxylation sites is 2. The van der Waals surface area contributed by atoms with Crippen LogP contribution in [0.25, 0.3) is 0 Å². The molecule has 0 radical (unpaired) electrons. The van der Waals surface area contributed by atoms with Gasteiger partial charge in [0.15, 0.2) is 0 Å². The summed E-state index contributed by atoms with van der Waals surface area (Å²) in [6.07, 6.45) is 4.57. The topological polar surface area (TPSA) is 57.7 Å². The summed E-state index contributed by atoms with van der Waals surface area (Å²) in [6, 6.07) is 7.96. The van der Waals surface area contributed by atoms with E-state index in [1.807, 2.05) is 23.6 Å². The fraction of sp³-hybridized carbons (Fsp3) is 0.583. The van der Waals surface area contributed by atoms with Crippen LogP contribution in [0.4, 0.5) is 11.4 Å². The molecule has 1 aliphatic heterocycles. The predicted molar refractivity (Wildman–Crippen MR) is 130 cm³/mol. The number of carbonyl (C=O) groups excluding carboxylic acids is 1. The van der Waals surface area contributed by atoms with Crippen molar-refractivity contribution < 1.29 is 9.53 Å². The van der Waals surface area contributed by atoms with Crippen molar-refractivity contribution in [2.75, 3.05) is 56.7 Å². The Balaban J connectivity index is 1.62. The molecular weight excluding hydrogens is 408 g/mol. The van der Waals surface area contributed by atoms with Crippen LogP contribution in [0.5, 0.6) is 0 Å². The number of morpholine rings is 1. The summed E-state index contributed by atoms with van der Waals surface area (Å²) < 4.78 is 5.46. The van der Waals surface area contributed by atoms with Gasteiger partial charge in [-0.15, -0.1) is 11.3 Å². The zero-order valence-electron chi connectivity index (χ0n) is 19.1. The van der Waals surface area contributed by atoms with E-state index in [0.29, 0.717) is 24.8 Å². The highest BCUT2D eigenvalue weighted by Gasteiger charge is 2.20. The van der Waals surface area contributed by atoms with Crippen LogP contribution in [-0.2, 0) is 4.74 Å². The van der Waals surface area contributed by atoms with Crippen molar-refractivity contribution in [1.82, 2.24) is 9.88 Å². The molecule has 1 saturated heterocycles. The summed E-state index contributed by atoms with van der Waals surface area (Å²) in [7, 11) is 2.19. The molecule has 0 spiro atoms. The van der Waals surface area contributed by atoms with E-state index in [2.05, 4.69) is 42.1 Å². The summed E-state index contributed by atoms with van der Waals surface area (Å²) in [6.45, 7) is 9.72. The van der Waals surface area contributed by atoms with Gasteiger partial charge in [0.2, 0.25) is 0 Å². The number of thiazole rings is 1. The number of rotatable bonds is 11. The SMILES string of the molecule is CCCCN(C)CCC(CC)c1nc(C(=O)Nc2ccccc2N2CCOCC2)cs1. The number of unbranched alkanes of at least 4 members (excludes halogenated alkanes) is 1. The molecule has 1 atom stereocenters. The van der Waals surface area contributed by atoms with E-state index in [1.54, 1.807) is 11.3 Å². The predicted octanol–water partition coefficient (Wildman–Crippen LogP) is 4.85. The monoisotopic (exact) mass is 444 g/mol. The van der Waals surface area contributed by atoms with Crippen LogP contribution < -0.4 is 10.2 Å². The lowest BCUT2D eigenvalue weighted by Crippen LogP contribution is -2.36. The second kappa shape index (κ2) is 12.2. The van der Waals surface area contributed by atoms with Crippen molar-refractivity contribution in [2.24, 2.45) is 0 Å². The molecule has 3 rings (SSSR count). The zero-order valence-corrected chi connectivity index (χ0v) is 19.9. The molecule has 1 aliphatic rings. The normalized spacial score (nSPS) is 15.3. The number of nitrogens with one attached hydrogen (secondary N) is 1. The van der Waals surface area contributed by atoms with Gasteiger partial charge in [-0.3, -0.25) is 4.79 Å². The van der Waals surface area contributed by atoms with Gasteiger partial charge >= 0.3 is 0 Å². The first kappa shape index (κ1) is 23.7. The van der Waals surface area contributed by atoms with Crippen LogP contribution in [0.2, 0.25) is 0 Å². The van der Waals surface area contributed by atoms with Gasteiger partial charge in [-0.25, -0.2) is 4.98 Å². The van der Waals surface area contributed by atoms with Gasteiger partial charge in [0.05, 0.1) is 29.6 Å².